The van der Waals surface area contributed by atoms with Crippen LogP contribution < -0.4 is 6.15 Å². The Balaban J connectivity index is -0.000000262. The first-order valence-electron chi connectivity index (χ1n) is 5.46. The first-order chi connectivity index (χ1) is 8.47. The standard InChI is InChI=1S/C6H15NO3.C4H6O4.H3N/c8-4-1-7(2-5-9)3-6-10;5-3(6)1-2-4(7)8;/h8-10H,1-6H2;1-2H2,(H,5,6)(H,7,8);1H3. The first-order valence-corrected chi connectivity index (χ1v) is 5.46. The molecule has 0 radical (unpaired) electrons. The number of aliphatic hydroxyl groups excluding tert-OH is 3. The summed E-state index contributed by atoms with van der Waals surface area (Å²) in [6, 6.07) is 0. The highest BCUT2D eigenvalue weighted by molar-refractivity contribution is 5.75. The molecule has 0 bridgehead atoms. The largest absolute Gasteiger partial charge is 0.481 e. The van der Waals surface area contributed by atoms with Crippen LogP contribution in [0.15, 0.2) is 0 Å². The van der Waals surface area contributed by atoms with Crippen LogP contribution in [-0.4, -0.2) is 81.8 Å². The maximum atomic E-state index is 9.64. The van der Waals surface area contributed by atoms with E-state index < -0.39 is 11.9 Å². The van der Waals surface area contributed by atoms with Crippen molar-refractivity contribution in [1.29, 1.82) is 0 Å². The Labute approximate surface area is 111 Å². The number of carboxylic acid groups (broad SMARTS) is 2. The molecule has 0 aliphatic rings. The highest BCUT2D eigenvalue weighted by atomic mass is 16.4. The summed E-state index contributed by atoms with van der Waals surface area (Å²) in [4.78, 5) is 21.1. The SMILES string of the molecule is N.O=C(O)CCC(=O)O.OCCN(CCO)CCO. The smallest absolute Gasteiger partial charge is 0.303 e. The molecular weight excluding hydrogens is 260 g/mol. The molecule has 0 fully saturated rings. The number of rotatable bonds is 9. The zero-order valence-corrected chi connectivity index (χ0v) is 10.9. The molecule has 19 heavy (non-hydrogen) atoms. The molecule has 0 aliphatic heterocycles. The zero-order chi connectivity index (χ0) is 14.4. The second-order valence-corrected chi connectivity index (χ2v) is 3.30. The Morgan fingerprint density at radius 2 is 1.00 bits per heavy atom. The lowest BCUT2D eigenvalue weighted by Crippen LogP contribution is -2.32. The second-order valence-electron chi connectivity index (χ2n) is 3.30. The van der Waals surface area contributed by atoms with Gasteiger partial charge >= 0.3 is 11.9 Å². The van der Waals surface area contributed by atoms with Gasteiger partial charge in [-0.25, -0.2) is 0 Å². The molecule has 8 N–H and O–H groups in total. The van der Waals surface area contributed by atoms with Gasteiger partial charge in [-0.15, -0.1) is 0 Å². The molecule has 0 saturated heterocycles. The second kappa shape index (κ2) is 16.7. The average molecular weight is 284 g/mol. The minimum atomic E-state index is -1.08. The van der Waals surface area contributed by atoms with Crippen LogP contribution >= 0.6 is 0 Å². The van der Waals surface area contributed by atoms with Crippen LogP contribution in [0.5, 0.6) is 0 Å². The Bertz CT molecular complexity index is 198. The molecule has 116 valence electrons. The van der Waals surface area contributed by atoms with Crippen LogP contribution in [0.2, 0.25) is 0 Å². The van der Waals surface area contributed by atoms with E-state index in [9.17, 15) is 9.59 Å². The predicted molar refractivity (Wildman–Crippen MR) is 67.2 cm³/mol. The molecule has 9 nitrogen and oxygen atoms in total. The normalized spacial score (nSPS) is 9.26. The summed E-state index contributed by atoms with van der Waals surface area (Å²) >= 11 is 0. The van der Waals surface area contributed by atoms with Gasteiger partial charge < -0.3 is 31.7 Å². The van der Waals surface area contributed by atoms with Crippen molar-refractivity contribution in [2.24, 2.45) is 0 Å². The van der Waals surface area contributed by atoms with Crippen molar-refractivity contribution >= 4 is 11.9 Å². The lowest BCUT2D eigenvalue weighted by Gasteiger charge is -2.17. The van der Waals surface area contributed by atoms with E-state index in [4.69, 9.17) is 25.5 Å². The maximum Gasteiger partial charge on any atom is 0.303 e. The van der Waals surface area contributed by atoms with Gasteiger partial charge in [0, 0.05) is 19.6 Å². The molecule has 0 aromatic heterocycles. The van der Waals surface area contributed by atoms with Gasteiger partial charge in [-0.3, -0.25) is 14.5 Å². The zero-order valence-electron chi connectivity index (χ0n) is 10.9. The van der Waals surface area contributed by atoms with Gasteiger partial charge in [0.05, 0.1) is 32.7 Å². The van der Waals surface area contributed by atoms with Gasteiger partial charge in [0.2, 0.25) is 0 Å². The van der Waals surface area contributed by atoms with Crippen molar-refractivity contribution < 1.29 is 35.1 Å². The molecule has 0 aliphatic carbocycles. The summed E-state index contributed by atoms with van der Waals surface area (Å²) in [7, 11) is 0. The summed E-state index contributed by atoms with van der Waals surface area (Å²) < 4.78 is 0. The molecule has 0 unspecified atom stereocenters. The van der Waals surface area contributed by atoms with E-state index in [1.165, 1.54) is 0 Å². The van der Waals surface area contributed by atoms with Crippen LogP contribution in [0, 0.1) is 0 Å². The van der Waals surface area contributed by atoms with Gasteiger partial charge in [0.1, 0.15) is 0 Å². The molecule has 0 atom stereocenters. The summed E-state index contributed by atoms with van der Waals surface area (Å²) in [6.45, 7) is 1.75. The van der Waals surface area contributed by atoms with Crippen LogP contribution in [0.1, 0.15) is 12.8 Å². The maximum absolute atomic E-state index is 9.64. The molecule has 0 aromatic rings. The predicted octanol–water partition coefficient (Wildman–Crippen LogP) is -1.64. The van der Waals surface area contributed by atoms with Crippen molar-refractivity contribution in [1.82, 2.24) is 11.1 Å². The van der Waals surface area contributed by atoms with E-state index in [0.29, 0.717) is 19.6 Å². The van der Waals surface area contributed by atoms with E-state index in [-0.39, 0.29) is 38.8 Å². The molecule has 0 spiro atoms. The molecule has 0 saturated carbocycles. The lowest BCUT2D eigenvalue weighted by molar-refractivity contribution is -0.143. The highest BCUT2D eigenvalue weighted by Crippen LogP contribution is 1.86. The summed E-state index contributed by atoms with van der Waals surface area (Å²) in [5.41, 5.74) is 0. The third-order valence-electron chi connectivity index (χ3n) is 1.80. The minimum Gasteiger partial charge on any atom is -0.481 e. The first kappa shape index (κ1) is 22.9. The van der Waals surface area contributed by atoms with E-state index in [0.717, 1.165) is 0 Å². The van der Waals surface area contributed by atoms with Crippen LogP contribution in [0.4, 0.5) is 0 Å². The molecule has 9 heteroatoms. The monoisotopic (exact) mass is 284 g/mol. The lowest BCUT2D eigenvalue weighted by atomic mass is 10.3. The van der Waals surface area contributed by atoms with Gasteiger partial charge in [-0.05, 0) is 0 Å². The quantitative estimate of drug-likeness (QED) is 0.290. The fraction of sp³-hybridized carbons (Fsp3) is 0.800. The third-order valence-corrected chi connectivity index (χ3v) is 1.80. The van der Waals surface area contributed by atoms with Crippen LogP contribution in [-0.2, 0) is 9.59 Å². The van der Waals surface area contributed by atoms with E-state index >= 15 is 0 Å². The van der Waals surface area contributed by atoms with Gasteiger partial charge in [-0.2, -0.15) is 0 Å². The Morgan fingerprint density at radius 1 is 0.737 bits per heavy atom. The topological polar surface area (TPSA) is 174 Å². The molecule has 0 heterocycles. The number of carboxylic acids is 2. The Hall–Kier alpha value is -1.26. The van der Waals surface area contributed by atoms with Crippen molar-refractivity contribution in [2.75, 3.05) is 39.5 Å². The number of hydrogen-bond acceptors (Lipinski definition) is 7. The third kappa shape index (κ3) is 22.4. The Kier molecular flexibility index (Phi) is 20.2. The number of nitrogens with zero attached hydrogens (tertiary/aromatic N) is 1. The summed E-state index contributed by atoms with van der Waals surface area (Å²) in [5.74, 6) is -2.15. The van der Waals surface area contributed by atoms with Crippen molar-refractivity contribution in [2.45, 2.75) is 12.8 Å². The number of aliphatic carboxylic acids is 2. The van der Waals surface area contributed by atoms with E-state index in [1.807, 2.05) is 0 Å². The molecule has 0 rings (SSSR count). The summed E-state index contributed by atoms with van der Waals surface area (Å²) in [6.07, 6.45) is -0.593. The highest BCUT2D eigenvalue weighted by Gasteiger charge is 2.00. The summed E-state index contributed by atoms with van der Waals surface area (Å²) in [5, 5.41) is 41.3. The number of aliphatic hydroxyl groups is 3. The average Bonchev–Trinajstić information content (AvgIpc) is 2.28. The minimum absolute atomic E-state index is 0. The molecular formula is C10H24N2O7. The van der Waals surface area contributed by atoms with Crippen molar-refractivity contribution in [3.8, 4) is 0 Å². The fourth-order valence-electron chi connectivity index (χ4n) is 0.974. The van der Waals surface area contributed by atoms with Gasteiger partial charge in [-0.1, -0.05) is 0 Å². The van der Waals surface area contributed by atoms with Crippen LogP contribution in [0.3, 0.4) is 0 Å². The fourth-order valence-corrected chi connectivity index (χ4v) is 0.974. The number of hydrogen-bond donors (Lipinski definition) is 6. The molecule has 0 aromatic carbocycles. The van der Waals surface area contributed by atoms with Crippen molar-refractivity contribution in [3.63, 3.8) is 0 Å². The number of carbonyl (C=O) groups is 2. The van der Waals surface area contributed by atoms with E-state index in [1.54, 1.807) is 4.90 Å². The Morgan fingerprint density at radius 3 is 1.16 bits per heavy atom. The van der Waals surface area contributed by atoms with E-state index in [2.05, 4.69) is 0 Å². The molecule has 0 amide bonds. The van der Waals surface area contributed by atoms with Crippen LogP contribution in [0.25, 0.3) is 0 Å². The van der Waals surface area contributed by atoms with Gasteiger partial charge in [0.25, 0.3) is 0 Å². The van der Waals surface area contributed by atoms with Gasteiger partial charge in [0.15, 0.2) is 0 Å². The van der Waals surface area contributed by atoms with Crippen molar-refractivity contribution in [3.05, 3.63) is 0 Å².